The van der Waals surface area contributed by atoms with Crippen molar-refractivity contribution in [2.45, 2.75) is 23.5 Å². The van der Waals surface area contributed by atoms with Crippen LogP contribution in [0.15, 0.2) is 17.0 Å². The Morgan fingerprint density at radius 1 is 1.25 bits per heavy atom. The highest BCUT2D eigenvalue weighted by Gasteiger charge is 2.53. The Balaban J connectivity index is 2.24. The van der Waals surface area contributed by atoms with Gasteiger partial charge in [0, 0.05) is 24.7 Å². The maximum Gasteiger partial charge on any atom is 0.340 e. The first-order valence-corrected chi connectivity index (χ1v) is 9.01. The van der Waals surface area contributed by atoms with Gasteiger partial charge in [-0.1, -0.05) is 0 Å². The number of benzene rings is 1. The number of morpholine rings is 1. The van der Waals surface area contributed by atoms with Crippen molar-refractivity contribution in [3.63, 3.8) is 0 Å². The number of ether oxygens (including phenoxy) is 1. The van der Waals surface area contributed by atoms with Crippen molar-refractivity contribution in [2.24, 2.45) is 0 Å². The van der Waals surface area contributed by atoms with E-state index in [1.165, 1.54) is 33.1 Å². The Morgan fingerprint density at radius 3 is 2.46 bits per heavy atom. The lowest BCUT2D eigenvalue weighted by Gasteiger charge is -2.28. The van der Waals surface area contributed by atoms with Gasteiger partial charge in [0.05, 0.1) is 23.0 Å². The van der Waals surface area contributed by atoms with E-state index in [1.54, 1.807) is 0 Å². The number of carbonyl (C=O) groups excluding carboxylic acids is 1. The molecule has 0 saturated carbocycles. The second-order valence-corrected chi connectivity index (χ2v) is 8.69. The lowest BCUT2D eigenvalue weighted by atomic mass is 10.00. The highest BCUT2D eigenvalue weighted by atomic mass is 32.2. The number of rotatable bonds is 3. The van der Waals surface area contributed by atoms with Gasteiger partial charge >= 0.3 is 5.69 Å². The molecule has 24 heavy (non-hydrogen) atoms. The molecule has 2 heterocycles. The van der Waals surface area contributed by atoms with Crippen LogP contribution in [-0.4, -0.2) is 57.3 Å². The van der Waals surface area contributed by atoms with Crippen molar-refractivity contribution in [2.75, 3.05) is 38.3 Å². The van der Waals surface area contributed by atoms with E-state index >= 15 is 0 Å². The van der Waals surface area contributed by atoms with Gasteiger partial charge in [0.15, 0.2) is 22.7 Å². The van der Waals surface area contributed by atoms with Crippen LogP contribution < -0.4 is 4.90 Å². The number of anilines is 1. The first-order valence-electron chi connectivity index (χ1n) is 7.53. The zero-order chi connectivity index (χ0) is 17.7. The van der Waals surface area contributed by atoms with Crippen LogP contribution >= 0.6 is 0 Å². The topological polar surface area (TPSA) is 93.0 Å². The molecule has 0 unspecified atom stereocenters. The number of carbonyl (C=O) groups is 1. The Hall–Kier alpha value is -2.00. The van der Waals surface area contributed by atoms with E-state index in [1.807, 2.05) is 4.90 Å². The summed E-state index contributed by atoms with van der Waals surface area (Å²) < 4.78 is 29.2. The van der Waals surface area contributed by atoms with Crippen LogP contribution in [0.1, 0.15) is 24.2 Å². The molecule has 0 bridgehead atoms. The molecule has 9 heteroatoms. The quantitative estimate of drug-likeness (QED) is 0.753. The van der Waals surface area contributed by atoms with Crippen LogP contribution in [0.25, 0.3) is 0 Å². The van der Waals surface area contributed by atoms with Crippen molar-refractivity contribution in [1.82, 2.24) is 0 Å². The highest BCUT2D eigenvalue weighted by molar-refractivity contribution is 7.94. The van der Waals surface area contributed by atoms with E-state index in [-0.39, 0.29) is 21.1 Å². The van der Waals surface area contributed by atoms with E-state index in [0.29, 0.717) is 32.0 Å². The molecule has 2 aliphatic rings. The van der Waals surface area contributed by atoms with Crippen molar-refractivity contribution in [3.8, 4) is 0 Å². The average Bonchev–Trinajstić information content (AvgIpc) is 2.71. The van der Waals surface area contributed by atoms with Crippen LogP contribution in [0, 0.1) is 4.91 Å². The molecule has 0 radical (unpaired) electrons. The fraction of sp³-hybridized carbons (Fsp3) is 0.533. The number of hydrogen-bond acceptors (Lipinski definition) is 7. The molecule has 130 valence electrons. The van der Waals surface area contributed by atoms with Crippen LogP contribution in [0.5, 0.6) is 0 Å². The third kappa shape index (κ3) is 2.22. The maximum atomic E-state index is 12.7. The summed E-state index contributed by atoms with van der Waals surface area (Å²) in [7, 11) is -2.60. The zero-order valence-electron chi connectivity index (χ0n) is 13.7. The number of fused-ring (bicyclic) bond motifs is 1. The third-order valence-electron chi connectivity index (χ3n) is 4.54. The molecule has 0 aliphatic carbocycles. The van der Waals surface area contributed by atoms with Crippen molar-refractivity contribution in [1.29, 1.82) is 0 Å². The van der Waals surface area contributed by atoms with Crippen molar-refractivity contribution in [3.05, 3.63) is 22.6 Å². The molecular weight excluding hydrogens is 336 g/mol. The summed E-state index contributed by atoms with van der Waals surface area (Å²) in [5.74, 6) is -0.517. The predicted molar refractivity (Wildman–Crippen MR) is 85.4 cm³/mol. The summed E-state index contributed by atoms with van der Waals surface area (Å²) in [6.45, 7) is 4.73. The Bertz CT molecular complexity index is 825. The standard InChI is InChI=1S/C15H19N2O6S/c1-15(2)14(18)10-8-12(17(19)22-3)11(9-13(10)24(15,20)21)16-4-6-23-7-5-16/h8-9H,4-7H2,1-3H3/q+1. The van der Waals surface area contributed by atoms with E-state index in [4.69, 9.17) is 9.57 Å². The molecule has 1 fully saturated rings. The molecule has 8 nitrogen and oxygen atoms in total. The molecular formula is C15H19N2O6S+. The fourth-order valence-corrected chi connectivity index (χ4v) is 4.59. The molecule has 1 saturated heterocycles. The van der Waals surface area contributed by atoms with Gasteiger partial charge in [-0.15, -0.1) is 0 Å². The molecule has 1 aromatic carbocycles. The monoisotopic (exact) mass is 355 g/mol. The number of sulfone groups is 1. The number of Topliss-reactive ketones (excluding diaryl/α,β-unsaturated/α-hetero) is 1. The summed E-state index contributed by atoms with van der Waals surface area (Å²) in [6, 6.07) is 2.72. The summed E-state index contributed by atoms with van der Waals surface area (Å²) >= 11 is 0. The molecule has 0 N–H and O–H groups in total. The SMILES string of the molecule is CO[N+](=O)c1cc2c(cc1N1CCOCC1)S(=O)(=O)C(C)(C)C2=O. The molecule has 3 rings (SSSR count). The number of ketones is 1. The van der Waals surface area contributed by atoms with Crippen LogP contribution in [0.4, 0.5) is 11.4 Å². The Morgan fingerprint density at radius 2 is 1.88 bits per heavy atom. The van der Waals surface area contributed by atoms with Gasteiger partial charge in [-0.05, 0) is 19.9 Å². The minimum Gasteiger partial charge on any atom is -0.378 e. The molecule has 1 aromatic rings. The second-order valence-electron chi connectivity index (χ2n) is 6.22. The van der Waals surface area contributed by atoms with Crippen molar-refractivity contribution >= 4 is 27.0 Å². The normalized spacial score (nSPS) is 21.5. The van der Waals surface area contributed by atoms with Gasteiger partial charge < -0.3 is 9.64 Å². The number of nitrogens with zero attached hydrogens (tertiary/aromatic N) is 2. The molecule has 0 aromatic heterocycles. The smallest absolute Gasteiger partial charge is 0.340 e. The first kappa shape index (κ1) is 16.8. The summed E-state index contributed by atoms with van der Waals surface area (Å²) in [5.41, 5.74) is 0.562. The zero-order valence-corrected chi connectivity index (χ0v) is 14.6. The van der Waals surface area contributed by atoms with Gasteiger partial charge in [0.2, 0.25) is 0 Å². The van der Waals surface area contributed by atoms with Crippen molar-refractivity contribution < 1.29 is 27.7 Å². The van der Waals surface area contributed by atoms with Crippen LogP contribution in [0.3, 0.4) is 0 Å². The highest BCUT2D eigenvalue weighted by Crippen LogP contribution is 2.44. The van der Waals surface area contributed by atoms with E-state index in [2.05, 4.69) is 0 Å². The van der Waals surface area contributed by atoms with Gasteiger partial charge in [0.25, 0.3) is 4.92 Å². The van der Waals surface area contributed by atoms with Gasteiger partial charge in [-0.25, -0.2) is 13.3 Å². The Kier molecular flexibility index (Phi) is 3.88. The lowest BCUT2D eigenvalue weighted by molar-refractivity contribution is -0.736. The van der Waals surface area contributed by atoms with Gasteiger partial charge in [-0.2, -0.15) is 0 Å². The fourth-order valence-electron chi connectivity index (χ4n) is 2.98. The second kappa shape index (κ2) is 5.52. The maximum absolute atomic E-state index is 12.7. The third-order valence-corrected chi connectivity index (χ3v) is 6.99. The van der Waals surface area contributed by atoms with Gasteiger partial charge in [0.1, 0.15) is 10.4 Å². The van der Waals surface area contributed by atoms with Crippen LogP contribution in [0.2, 0.25) is 0 Å². The van der Waals surface area contributed by atoms with Crippen LogP contribution in [-0.2, 0) is 19.4 Å². The number of hydrogen-bond donors (Lipinski definition) is 0. The first-order chi connectivity index (χ1) is 11.2. The Labute approximate surface area is 139 Å². The molecule has 0 atom stereocenters. The summed E-state index contributed by atoms with van der Waals surface area (Å²) in [5, 5.41) is 0. The summed E-state index contributed by atoms with van der Waals surface area (Å²) in [6.07, 6.45) is 0. The van der Waals surface area contributed by atoms with E-state index in [0.717, 1.165) is 0 Å². The largest absolute Gasteiger partial charge is 0.378 e. The lowest BCUT2D eigenvalue weighted by Crippen LogP contribution is -2.36. The molecule has 2 aliphatic heterocycles. The molecule has 0 spiro atoms. The molecule has 0 amide bonds. The summed E-state index contributed by atoms with van der Waals surface area (Å²) in [4.78, 5) is 31.4. The average molecular weight is 355 g/mol. The van der Waals surface area contributed by atoms with E-state index < -0.39 is 20.4 Å². The minimum absolute atomic E-state index is 0.0323. The minimum atomic E-state index is -3.81. The van der Waals surface area contributed by atoms with E-state index in [9.17, 15) is 18.1 Å². The van der Waals surface area contributed by atoms with Gasteiger partial charge in [-0.3, -0.25) is 4.79 Å². The predicted octanol–water partition coefficient (Wildman–Crippen LogP) is 1.24.